The van der Waals surface area contributed by atoms with Crippen molar-refractivity contribution in [2.75, 3.05) is 7.11 Å². The van der Waals surface area contributed by atoms with Crippen LogP contribution < -0.4 is 0 Å². The second kappa shape index (κ2) is 6.34. The van der Waals surface area contributed by atoms with E-state index in [4.69, 9.17) is 13.9 Å². The lowest BCUT2D eigenvalue weighted by Crippen LogP contribution is -2.59. The highest BCUT2D eigenvalue weighted by Crippen LogP contribution is 2.71. The summed E-state index contributed by atoms with van der Waals surface area (Å²) in [4.78, 5) is 12.3. The predicted octanol–water partition coefficient (Wildman–Crippen LogP) is 5.03. The average molecular weight is 369 g/mol. The molecule has 0 aromatic carbocycles. The molecule has 4 atom stereocenters. The average Bonchev–Trinajstić information content (AvgIpc) is 3.11. The maximum atomic E-state index is 12.3. The molecule has 144 valence electrons. The normalized spacial score (nSPS) is 36.9. The van der Waals surface area contributed by atoms with E-state index in [1.54, 1.807) is 0 Å². The first-order valence-electron chi connectivity index (χ1n) is 10.1. The zero-order valence-corrected chi connectivity index (χ0v) is 18.1. The fourth-order valence-electron chi connectivity index (χ4n) is 6.73. The van der Waals surface area contributed by atoms with Crippen LogP contribution >= 0.6 is 0 Å². The molecule has 0 aromatic heterocycles. The summed E-state index contributed by atoms with van der Waals surface area (Å²) in [6.07, 6.45) is 4.88. The number of ether oxygens (including phenoxy) is 2. The summed E-state index contributed by atoms with van der Waals surface area (Å²) < 4.78 is 18.9. The highest BCUT2D eigenvalue weighted by Gasteiger charge is 2.75. The van der Waals surface area contributed by atoms with Crippen molar-refractivity contribution < 1.29 is 18.7 Å². The first-order valence-corrected chi connectivity index (χ1v) is 12.2. The molecular formula is C20H36O4Si. The summed E-state index contributed by atoms with van der Waals surface area (Å²) in [5.74, 6) is -0.207. The zero-order chi connectivity index (χ0) is 18.6. The van der Waals surface area contributed by atoms with Crippen molar-refractivity contribution in [1.29, 1.82) is 0 Å². The Bertz CT molecular complexity index is 510. The number of methoxy groups -OCH3 is 1. The van der Waals surface area contributed by atoms with Crippen molar-refractivity contribution in [2.45, 2.75) is 102 Å². The molecule has 4 bridgehead atoms. The number of hydrogen-bond donors (Lipinski definition) is 0. The predicted molar refractivity (Wildman–Crippen MR) is 101 cm³/mol. The molecule has 0 radical (unpaired) electrons. The first kappa shape index (κ1) is 19.4. The summed E-state index contributed by atoms with van der Waals surface area (Å²) >= 11 is 0. The van der Waals surface area contributed by atoms with E-state index in [0.29, 0.717) is 29.0 Å². The summed E-state index contributed by atoms with van der Waals surface area (Å²) in [5, 5.41) is 0. The van der Waals surface area contributed by atoms with Gasteiger partial charge in [-0.3, -0.25) is 4.79 Å². The van der Waals surface area contributed by atoms with Gasteiger partial charge in [-0.15, -0.1) is 0 Å². The monoisotopic (exact) mass is 368 g/mol. The molecule has 0 amide bonds. The first-order chi connectivity index (χ1) is 11.6. The van der Waals surface area contributed by atoms with Crippen molar-refractivity contribution >= 4 is 14.3 Å². The van der Waals surface area contributed by atoms with E-state index in [2.05, 4.69) is 41.5 Å². The van der Waals surface area contributed by atoms with Crippen LogP contribution in [0.5, 0.6) is 0 Å². The van der Waals surface area contributed by atoms with Gasteiger partial charge in [0, 0.05) is 11.8 Å². The molecule has 2 saturated carbocycles. The molecule has 3 rings (SSSR count). The molecule has 3 fully saturated rings. The second-order valence-corrected chi connectivity index (χ2v) is 14.8. The Morgan fingerprint density at radius 1 is 1.08 bits per heavy atom. The minimum atomic E-state index is -2.08. The molecule has 1 unspecified atom stereocenters. The lowest BCUT2D eigenvalue weighted by Gasteiger charge is -2.52. The Hall–Kier alpha value is -0.393. The maximum Gasteiger partial charge on any atom is 0.306 e. The highest BCUT2D eigenvalue weighted by atomic mass is 28.4. The van der Waals surface area contributed by atoms with Crippen LogP contribution in [0.2, 0.25) is 16.6 Å². The van der Waals surface area contributed by atoms with E-state index >= 15 is 0 Å². The smallest absolute Gasteiger partial charge is 0.306 e. The fourth-order valence-corrected chi connectivity index (χ4v) is 12.4. The number of carbonyl (C=O) groups is 1. The van der Waals surface area contributed by atoms with Gasteiger partial charge in [-0.1, -0.05) is 41.5 Å². The summed E-state index contributed by atoms with van der Waals surface area (Å²) in [7, 11) is -0.590. The van der Waals surface area contributed by atoms with E-state index < -0.39 is 14.1 Å². The van der Waals surface area contributed by atoms with Gasteiger partial charge in [0.05, 0.1) is 19.6 Å². The van der Waals surface area contributed by atoms with E-state index in [1.807, 2.05) is 0 Å². The van der Waals surface area contributed by atoms with Crippen molar-refractivity contribution in [3.8, 4) is 0 Å². The number of rotatable bonds is 7. The van der Waals surface area contributed by atoms with E-state index in [1.165, 1.54) is 7.11 Å². The topological polar surface area (TPSA) is 44.8 Å². The van der Waals surface area contributed by atoms with Gasteiger partial charge in [0.15, 0.2) is 5.79 Å². The molecule has 2 aliphatic carbocycles. The lowest BCUT2D eigenvalue weighted by molar-refractivity contribution is -0.251. The third kappa shape index (κ3) is 2.48. The van der Waals surface area contributed by atoms with Gasteiger partial charge in [0.2, 0.25) is 8.32 Å². The van der Waals surface area contributed by atoms with E-state index in [9.17, 15) is 4.79 Å². The van der Waals surface area contributed by atoms with E-state index in [0.717, 1.165) is 25.7 Å². The summed E-state index contributed by atoms with van der Waals surface area (Å²) in [6.45, 7) is 13.9. The standard InChI is InChI=1S/C20H36O4Si/c1-13(2)25(14(3)4,15(5)6)24-20-11-8-16-17(23-20)9-10-19(16,20)12-18(21)22-7/h13-17H,8-12H2,1-7H3/t16-,17-,19-,20?/m1/s1. The van der Waals surface area contributed by atoms with Gasteiger partial charge in [-0.2, -0.15) is 0 Å². The summed E-state index contributed by atoms with van der Waals surface area (Å²) in [5.41, 5.74) is 1.37. The van der Waals surface area contributed by atoms with Crippen LogP contribution in [0.25, 0.3) is 0 Å². The van der Waals surface area contributed by atoms with Gasteiger partial charge >= 0.3 is 5.97 Å². The maximum absolute atomic E-state index is 12.3. The molecule has 25 heavy (non-hydrogen) atoms. The molecule has 0 N–H and O–H groups in total. The molecule has 5 heteroatoms. The van der Waals surface area contributed by atoms with Crippen molar-refractivity contribution in [3.05, 3.63) is 0 Å². The Morgan fingerprint density at radius 2 is 1.68 bits per heavy atom. The molecule has 1 aliphatic heterocycles. The SMILES string of the molecule is COC(=O)C[C@@]12CC[C@H]3OC1(O[Si](C(C)C)(C(C)C)C(C)C)CC[C@H]32. The third-order valence-electron chi connectivity index (χ3n) is 7.65. The quantitative estimate of drug-likeness (QED) is 0.467. The minimum Gasteiger partial charge on any atom is -0.469 e. The summed E-state index contributed by atoms with van der Waals surface area (Å²) in [6, 6.07) is 0. The van der Waals surface area contributed by atoms with Crippen LogP contribution in [0.15, 0.2) is 0 Å². The second-order valence-electron chi connectivity index (χ2n) is 9.42. The largest absolute Gasteiger partial charge is 0.469 e. The molecule has 1 heterocycles. The van der Waals surface area contributed by atoms with Crippen molar-refractivity contribution in [1.82, 2.24) is 0 Å². The molecule has 3 aliphatic rings. The number of carbonyl (C=O) groups excluding carboxylic acids is 1. The minimum absolute atomic E-state index is 0.114. The molecule has 1 saturated heterocycles. The van der Waals surface area contributed by atoms with Gasteiger partial charge in [-0.05, 0) is 41.8 Å². The van der Waals surface area contributed by atoms with Crippen LogP contribution in [-0.2, 0) is 18.7 Å². The Balaban J connectivity index is 2.01. The van der Waals surface area contributed by atoms with Crippen LogP contribution in [-0.4, -0.2) is 33.3 Å². The van der Waals surface area contributed by atoms with Gasteiger partial charge in [0.1, 0.15) is 0 Å². The number of esters is 1. The fraction of sp³-hybridized carbons (Fsp3) is 0.950. The van der Waals surface area contributed by atoms with Gasteiger partial charge in [0.25, 0.3) is 0 Å². The Morgan fingerprint density at radius 3 is 2.20 bits per heavy atom. The molecule has 4 nitrogen and oxygen atoms in total. The Labute approximate surface area is 154 Å². The highest BCUT2D eigenvalue weighted by molar-refractivity contribution is 6.77. The van der Waals surface area contributed by atoms with Gasteiger partial charge in [-0.25, -0.2) is 0 Å². The molecule has 0 spiro atoms. The number of hydrogen-bond acceptors (Lipinski definition) is 4. The van der Waals surface area contributed by atoms with Crippen molar-refractivity contribution in [3.63, 3.8) is 0 Å². The van der Waals surface area contributed by atoms with Crippen LogP contribution in [0.3, 0.4) is 0 Å². The molecular weight excluding hydrogens is 332 g/mol. The van der Waals surface area contributed by atoms with Crippen LogP contribution in [0, 0.1) is 11.3 Å². The zero-order valence-electron chi connectivity index (χ0n) is 17.1. The van der Waals surface area contributed by atoms with Gasteiger partial charge < -0.3 is 13.9 Å². The Kier molecular flexibility index (Phi) is 4.92. The van der Waals surface area contributed by atoms with E-state index in [-0.39, 0.29) is 17.5 Å². The third-order valence-corrected chi connectivity index (χ3v) is 13.8. The van der Waals surface area contributed by atoms with Crippen LogP contribution in [0.4, 0.5) is 0 Å². The van der Waals surface area contributed by atoms with Crippen molar-refractivity contribution in [2.24, 2.45) is 11.3 Å². The molecule has 0 aromatic rings. The van der Waals surface area contributed by atoms with Crippen LogP contribution in [0.1, 0.15) is 73.6 Å². The lowest BCUT2D eigenvalue weighted by atomic mass is 9.75.